The summed E-state index contributed by atoms with van der Waals surface area (Å²) >= 11 is 0. The molecule has 2 aromatic carbocycles. The molecule has 2 aromatic rings. The molecule has 0 unspecified atom stereocenters. The Balaban J connectivity index is 0.00000312. The minimum Gasteiger partial charge on any atom is -0.871 e. The van der Waals surface area contributed by atoms with Gasteiger partial charge in [-0.25, -0.2) is 0 Å². The number of benzene rings is 2. The number of hydrogen-bond acceptors (Lipinski definition) is 9. The van der Waals surface area contributed by atoms with Crippen molar-refractivity contribution in [3.8, 4) is 5.75 Å². The van der Waals surface area contributed by atoms with Crippen molar-refractivity contribution in [2.75, 3.05) is 11.5 Å². The smallest absolute Gasteiger partial charge is 0.871 e. The summed E-state index contributed by atoms with van der Waals surface area (Å²) in [7, 11) is -4.62. The Kier molecular flexibility index (Phi) is 8.66. The van der Waals surface area contributed by atoms with Crippen LogP contribution in [0.2, 0.25) is 0 Å². The molecule has 0 aliphatic carbocycles. The van der Waals surface area contributed by atoms with Crippen LogP contribution in [0.4, 0.5) is 28.4 Å². The molecule has 0 saturated carbocycles. The molecule has 0 heterocycles. The molecule has 0 aliphatic heterocycles. The summed E-state index contributed by atoms with van der Waals surface area (Å²) in [5.74, 6) is -0.631. The van der Waals surface area contributed by atoms with Gasteiger partial charge in [-0.05, 0) is 12.1 Å². The molecule has 11 nitrogen and oxygen atoms in total. The molecular formula is C12H10FeN5NaO6S. The number of nitro benzene ring substituents is 1. The molecule has 0 radical (unpaired) electrons. The zero-order valence-corrected chi connectivity index (χ0v) is 17.1. The van der Waals surface area contributed by atoms with Crippen LogP contribution in [0.3, 0.4) is 0 Å². The third-order valence-electron chi connectivity index (χ3n) is 2.86. The van der Waals surface area contributed by atoms with Crippen LogP contribution >= 0.6 is 0 Å². The molecule has 0 saturated heterocycles. The van der Waals surface area contributed by atoms with Gasteiger partial charge >= 0.3 is 29.6 Å². The number of anilines is 2. The summed E-state index contributed by atoms with van der Waals surface area (Å²) in [5, 5.41) is 29.4. The number of nitrogens with zero attached hydrogens (tertiary/aromatic N) is 3. The van der Waals surface area contributed by atoms with Crippen LogP contribution in [0.25, 0.3) is 0 Å². The topological polar surface area (TPSA) is 197 Å². The predicted octanol–water partition coefficient (Wildman–Crippen LogP) is -1.50. The predicted molar refractivity (Wildman–Crippen MR) is 81.8 cm³/mol. The van der Waals surface area contributed by atoms with Gasteiger partial charge in [0, 0.05) is 29.2 Å². The fourth-order valence-electron chi connectivity index (χ4n) is 1.72. The van der Waals surface area contributed by atoms with Crippen LogP contribution in [-0.4, -0.2) is 17.9 Å². The summed E-state index contributed by atoms with van der Waals surface area (Å²) < 4.78 is 31.5. The Labute approximate surface area is 180 Å². The summed E-state index contributed by atoms with van der Waals surface area (Å²) in [6.45, 7) is 0. The van der Waals surface area contributed by atoms with Gasteiger partial charge in [-0.2, -0.15) is 13.5 Å². The van der Waals surface area contributed by atoms with Gasteiger partial charge in [0.1, 0.15) is 10.6 Å². The van der Waals surface area contributed by atoms with E-state index in [0.29, 0.717) is 0 Å². The quantitative estimate of drug-likeness (QED) is 0.130. The first-order valence-electron chi connectivity index (χ1n) is 6.13. The van der Waals surface area contributed by atoms with Crippen LogP contribution < -0.4 is 46.1 Å². The molecule has 0 aliphatic rings. The Hall–Kier alpha value is -1.73. The fraction of sp³-hybridized carbons (Fsp3) is 0. The standard InChI is InChI=1S/C12H11N5O6S.Fe.Na/c13-7-4-8(14)12(24(21,22)23)5-9(7)15-16-10-3-6(17(19)20)1-2-11(10)18;;/h1-5,18H,13-14H2,(H,21,22,23);;/q;;+1/p-1. The molecule has 0 aromatic heterocycles. The van der Waals surface area contributed by atoms with E-state index in [1.807, 2.05) is 0 Å². The largest absolute Gasteiger partial charge is 1.00 e. The number of nitrogens with two attached hydrogens (primary N) is 2. The molecule has 26 heavy (non-hydrogen) atoms. The van der Waals surface area contributed by atoms with E-state index in [1.165, 1.54) is 0 Å². The van der Waals surface area contributed by atoms with Crippen molar-refractivity contribution in [2.45, 2.75) is 4.90 Å². The van der Waals surface area contributed by atoms with Crippen molar-refractivity contribution in [1.29, 1.82) is 0 Å². The zero-order chi connectivity index (χ0) is 18.1. The van der Waals surface area contributed by atoms with E-state index in [0.717, 1.165) is 30.3 Å². The van der Waals surface area contributed by atoms with Gasteiger partial charge in [-0.15, -0.1) is 5.11 Å². The molecule has 2 rings (SSSR count). The van der Waals surface area contributed by atoms with Crippen molar-refractivity contribution in [3.63, 3.8) is 0 Å². The molecule has 0 fully saturated rings. The number of non-ortho nitro benzene ring substituents is 1. The Morgan fingerprint density at radius 1 is 1.04 bits per heavy atom. The van der Waals surface area contributed by atoms with Gasteiger partial charge in [-0.1, -0.05) is 11.8 Å². The van der Waals surface area contributed by atoms with Crippen molar-refractivity contribution in [2.24, 2.45) is 10.2 Å². The van der Waals surface area contributed by atoms with Crippen LogP contribution in [0.15, 0.2) is 45.5 Å². The van der Waals surface area contributed by atoms with E-state index >= 15 is 0 Å². The van der Waals surface area contributed by atoms with Gasteiger partial charge in [-0.3, -0.25) is 14.7 Å². The second kappa shape index (κ2) is 9.28. The van der Waals surface area contributed by atoms with Crippen molar-refractivity contribution < 1.29 is 69.6 Å². The van der Waals surface area contributed by atoms with Gasteiger partial charge in [0.15, 0.2) is 0 Å². The van der Waals surface area contributed by atoms with Crippen LogP contribution in [0.1, 0.15) is 0 Å². The van der Waals surface area contributed by atoms with Crippen molar-refractivity contribution in [3.05, 3.63) is 40.4 Å². The molecule has 0 spiro atoms. The van der Waals surface area contributed by atoms with Gasteiger partial charge < -0.3 is 16.6 Å². The van der Waals surface area contributed by atoms with E-state index in [2.05, 4.69) is 10.2 Å². The normalized spacial score (nSPS) is 10.8. The van der Waals surface area contributed by atoms with Crippen molar-refractivity contribution >= 4 is 38.6 Å². The molecule has 5 N–H and O–H groups in total. The number of nitrogen functional groups attached to an aromatic ring is 2. The summed E-state index contributed by atoms with van der Waals surface area (Å²) in [5.41, 5.74) is 9.80. The number of hydrogen-bond donors (Lipinski definition) is 3. The maximum Gasteiger partial charge on any atom is 1.00 e. The van der Waals surface area contributed by atoms with Gasteiger partial charge in [0.05, 0.1) is 22.0 Å². The van der Waals surface area contributed by atoms with Crippen LogP contribution in [0.5, 0.6) is 5.75 Å². The summed E-state index contributed by atoms with van der Waals surface area (Å²) in [6, 6.07) is 4.77. The average Bonchev–Trinajstić information content (AvgIpc) is 2.46. The van der Waals surface area contributed by atoms with E-state index < -0.39 is 25.7 Å². The van der Waals surface area contributed by atoms with Crippen LogP contribution in [0, 0.1) is 10.1 Å². The monoisotopic (exact) mass is 431 g/mol. The number of azo groups is 1. The fourth-order valence-corrected chi connectivity index (χ4v) is 2.34. The van der Waals surface area contributed by atoms with E-state index in [9.17, 15) is 23.6 Å². The molecular weight excluding hydrogens is 421 g/mol. The Morgan fingerprint density at radius 2 is 1.62 bits per heavy atom. The Morgan fingerprint density at radius 3 is 2.15 bits per heavy atom. The maximum atomic E-state index is 11.6. The summed E-state index contributed by atoms with van der Waals surface area (Å²) in [6.07, 6.45) is 0. The second-order valence-electron chi connectivity index (χ2n) is 4.53. The third kappa shape index (κ3) is 5.64. The molecule has 0 bridgehead atoms. The molecule has 0 atom stereocenters. The molecule has 0 amide bonds. The Bertz CT molecular complexity index is 969. The van der Waals surface area contributed by atoms with E-state index in [4.69, 9.17) is 16.0 Å². The van der Waals surface area contributed by atoms with Gasteiger partial charge in [0.25, 0.3) is 15.8 Å². The first-order valence-corrected chi connectivity index (χ1v) is 7.57. The van der Waals surface area contributed by atoms with Gasteiger partial charge in [0.2, 0.25) is 0 Å². The van der Waals surface area contributed by atoms with E-state index in [-0.39, 0.29) is 75.1 Å². The third-order valence-corrected chi connectivity index (χ3v) is 3.77. The SMILES string of the molecule is Nc1cc(N)c(S(=O)(=O)O)cc1N=Nc1cc([N+](=O)[O-])ccc1[O-].[Fe].[Na+]. The van der Waals surface area contributed by atoms with E-state index in [1.54, 1.807) is 0 Å². The maximum absolute atomic E-state index is 11.6. The first-order chi connectivity index (χ1) is 11.1. The molecule has 14 heteroatoms. The minimum atomic E-state index is -4.62. The minimum absolute atomic E-state index is 0. The summed E-state index contributed by atoms with van der Waals surface area (Å²) in [4.78, 5) is 9.34. The molecule has 134 valence electrons. The number of nitro groups is 1. The number of rotatable bonds is 4. The second-order valence-corrected chi connectivity index (χ2v) is 5.92. The van der Waals surface area contributed by atoms with Crippen LogP contribution in [-0.2, 0) is 27.2 Å². The van der Waals surface area contributed by atoms with Crippen molar-refractivity contribution in [1.82, 2.24) is 0 Å². The average molecular weight is 431 g/mol. The zero-order valence-electron chi connectivity index (χ0n) is 13.1. The first kappa shape index (κ1) is 24.3.